The van der Waals surface area contributed by atoms with Crippen LogP contribution in [0.15, 0.2) is 24.3 Å². The maximum atomic E-state index is 10.6. The van der Waals surface area contributed by atoms with Gasteiger partial charge in [0.1, 0.15) is 0 Å². The van der Waals surface area contributed by atoms with Crippen LogP contribution in [0.5, 0.6) is 0 Å². The van der Waals surface area contributed by atoms with E-state index < -0.39 is 5.97 Å². The monoisotopic (exact) mass is 267 g/mol. The molecule has 98 valence electrons. The van der Waals surface area contributed by atoms with E-state index in [0.29, 0.717) is 11.1 Å². The molecule has 0 aliphatic heterocycles. The minimum atomic E-state index is -0.955. The summed E-state index contributed by atoms with van der Waals surface area (Å²) in [5, 5.41) is 9.35. The van der Waals surface area contributed by atoms with Crippen LogP contribution in [0.1, 0.15) is 26.3 Å². The standard InChI is InChI=1S/C14H18ClNO2/c1-4-16(10(2)3)13-9-12(15)7-5-11(13)6-8-14(17)18/h5-10H,4H2,1-3H3,(H,17,18)/b8-6+. The first-order valence-corrected chi connectivity index (χ1v) is 6.30. The number of carbonyl (C=O) groups is 1. The molecule has 0 fully saturated rings. The van der Waals surface area contributed by atoms with Gasteiger partial charge in [-0.2, -0.15) is 0 Å². The van der Waals surface area contributed by atoms with E-state index in [9.17, 15) is 4.79 Å². The molecule has 0 aliphatic carbocycles. The predicted molar refractivity (Wildman–Crippen MR) is 76.3 cm³/mol. The Morgan fingerprint density at radius 1 is 1.50 bits per heavy atom. The minimum Gasteiger partial charge on any atom is -0.478 e. The zero-order chi connectivity index (χ0) is 13.7. The maximum Gasteiger partial charge on any atom is 0.328 e. The number of rotatable bonds is 5. The summed E-state index contributed by atoms with van der Waals surface area (Å²) in [5.41, 5.74) is 1.81. The number of halogens is 1. The summed E-state index contributed by atoms with van der Waals surface area (Å²) in [6.45, 7) is 7.09. The minimum absolute atomic E-state index is 0.324. The van der Waals surface area contributed by atoms with Crippen LogP contribution >= 0.6 is 11.6 Å². The normalized spacial score (nSPS) is 11.2. The molecule has 1 aromatic rings. The Hall–Kier alpha value is -1.48. The molecule has 4 heteroatoms. The van der Waals surface area contributed by atoms with Gasteiger partial charge in [-0.25, -0.2) is 4.79 Å². The summed E-state index contributed by atoms with van der Waals surface area (Å²) in [5.74, 6) is -0.955. The molecule has 1 N–H and O–H groups in total. The van der Waals surface area contributed by atoms with E-state index in [-0.39, 0.29) is 0 Å². The molecule has 18 heavy (non-hydrogen) atoms. The fourth-order valence-corrected chi connectivity index (χ4v) is 2.05. The highest BCUT2D eigenvalue weighted by Crippen LogP contribution is 2.27. The van der Waals surface area contributed by atoms with Gasteiger partial charge in [-0.15, -0.1) is 0 Å². The van der Waals surface area contributed by atoms with Crippen molar-refractivity contribution in [2.24, 2.45) is 0 Å². The zero-order valence-corrected chi connectivity index (χ0v) is 11.6. The van der Waals surface area contributed by atoms with Crippen LogP contribution in [-0.2, 0) is 4.79 Å². The first-order chi connectivity index (χ1) is 8.45. The summed E-state index contributed by atoms with van der Waals surface area (Å²) in [6, 6.07) is 5.79. The topological polar surface area (TPSA) is 40.5 Å². The third kappa shape index (κ3) is 3.77. The molecule has 0 spiro atoms. The fraction of sp³-hybridized carbons (Fsp3) is 0.357. The first-order valence-electron chi connectivity index (χ1n) is 5.93. The predicted octanol–water partition coefficient (Wildman–Crippen LogP) is 3.67. The summed E-state index contributed by atoms with van der Waals surface area (Å²) < 4.78 is 0. The lowest BCUT2D eigenvalue weighted by Crippen LogP contribution is -2.30. The van der Waals surface area contributed by atoms with Gasteiger partial charge < -0.3 is 10.0 Å². The highest BCUT2D eigenvalue weighted by molar-refractivity contribution is 6.31. The highest BCUT2D eigenvalue weighted by atomic mass is 35.5. The summed E-state index contributed by atoms with van der Waals surface area (Å²) in [6.07, 6.45) is 2.74. The van der Waals surface area contributed by atoms with Crippen LogP contribution < -0.4 is 4.90 Å². The number of carboxylic acids is 1. The van der Waals surface area contributed by atoms with Crippen molar-refractivity contribution in [2.75, 3.05) is 11.4 Å². The molecule has 0 radical (unpaired) electrons. The van der Waals surface area contributed by atoms with Crippen LogP contribution in [0.4, 0.5) is 5.69 Å². The Balaban J connectivity index is 3.22. The average molecular weight is 268 g/mol. The van der Waals surface area contributed by atoms with Crippen molar-refractivity contribution >= 4 is 29.3 Å². The molecule has 0 aliphatic rings. The Morgan fingerprint density at radius 3 is 2.67 bits per heavy atom. The number of hydrogen-bond donors (Lipinski definition) is 1. The average Bonchev–Trinajstić information content (AvgIpc) is 2.28. The molecular formula is C14H18ClNO2. The van der Waals surface area contributed by atoms with Crippen LogP contribution in [0.25, 0.3) is 6.08 Å². The van der Waals surface area contributed by atoms with E-state index in [4.69, 9.17) is 16.7 Å². The van der Waals surface area contributed by atoms with E-state index >= 15 is 0 Å². The Bertz CT molecular complexity index is 455. The van der Waals surface area contributed by atoms with Gasteiger partial charge in [0.15, 0.2) is 0 Å². The molecule has 0 atom stereocenters. The molecule has 0 saturated carbocycles. The van der Waals surface area contributed by atoms with E-state index in [1.807, 2.05) is 12.1 Å². The molecule has 1 aromatic carbocycles. The summed E-state index contributed by atoms with van der Waals surface area (Å²) in [7, 11) is 0. The van der Waals surface area contributed by atoms with Crippen molar-refractivity contribution in [3.63, 3.8) is 0 Å². The number of aliphatic carboxylic acids is 1. The lowest BCUT2D eigenvalue weighted by atomic mass is 10.1. The number of benzene rings is 1. The van der Waals surface area contributed by atoms with E-state index in [0.717, 1.165) is 23.9 Å². The molecule has 0 amide bonds. The van der Waals surface area contributed by atoms with Gasteiger partial charge in [-0.1, -0.05) is 17.7 Å². The van der Waals surface area contributed by atoms with Crippen LogP contribution in [0, 0.1) is 0 Å². The third-order valence-electron chi connectivity index (χ3n) is 2.67. The van der Waals surface area contributed by atoms with Crippen molar-refractivity contribution in [3.8, 4) is 0 Å². The molecule has 0 bridgehead atoms. The second-order valence-corrected chi connectivity index (χ2v) is 4.69. The molecule has 0 aromatic heterocycles. The molecule has 3 nitrogen and oxygen atoms in total. The van der Waals surface area contributed by atoms with Gasteiger partial charge >= 0.3 is 5.97 Å². The van der Waals surface area contributed by atoms with Gasteiger partial charge in [0.2, 0.25) is 0 Å². The van der Waals surface area contributed by atoms with Crippen molar-refractivity contribution < 1.29 is 9.90 Å². The van der Waals surface area contributed by atoms with Crippen LogP contribution in [0.2, 0.25) is 5.02 Å². The van der Waals surface area contributed by atoms with Crippen molar-refractivity contribution in [2.45, 2.75) is 26.8 Å². The van der Waals surface area contributed by atoms with Crippen LogP contribution in [0.3, 0.4) is 0 Å². The zero-order valence-electron chi connectivity index (χ0n) is 10.9. The second kappa shape index (κ2) is 6.45. The van der Waals surface area contributed by atoms with Crippen molar-refractivity contribution in [1.82, 2.24) is 0 Å². The lowest BCUT2D eigenvalue weighted by molar-refractivity contribution is -0.131. The van der Waals surface area contributed by atoms with E-state index in [2.05, 4.69) is 25.7 Å². The van der Waals surface area contributed by atoms with Crippen molar-refractivity contribution in [3.05, 3.63) is 34.9 Å². The Labute approximate surface area is 113 Å². The number of anilines is 1. The van der Waals surface area contributed by atoms with Crippen LogP contribution in [-0.4, -0.2) is 23.7 Å². The number of hydrogen-bond acceptors (Lipinski definition) is 2. The van der Waals surface area contributed by atoms with E-state index in [1.54, 1.807) is 12.1 Å². The molecule has 0 heterocycles. The molecule has 0 saturated heterocycles. The number of nitrogens with zero attached hydrogens (tertiary/aromatic N) is 1. The third-order valence-corrected chi connectivity index (χ3v) is 2.91. The molecule has 0 unspecified atom stereocenters. The van der Waals surface area contributed by atoms with Crippen molar-refractivity contribution in [1.29, 1.82) is 0 Å². The van der Waals surface area contributed by atoms with Gasteiger partial charge in [-0.05, 0) is 44.5 Å². The maximum absolute atomic E-state index is 10.6. The fourth-order valence-electron chi connectivity index (χ4n) is 1.88. The SMILES string of the molecule is CCN(c1cc(Cl)ccc1/C=C/C(=O)O)C(C)C. The van der Waals surface area contributed by atoms with E-state index in [1.165, 1.54) is 0 Å². The quantitative estimate of drug-likeness (QED) is 0.828. The lowest BCUT2D eigenvalue weighted by Gasteiger charge is -2.29. The largest absolute Gasteiger partial charge is 0.478 e. The summed E-state index contributed by atoms with van der Waals surface area (Å²) >= 11 is 6.02. The van der Waals surface area contributed by atoms with Gasteiger partial charge in [-0.3, -0.25) is 0 Å². The first kappa shape index (κ1) is 14.6. The highest BCUT2D eigenvalue weighted by Gasteiger charge is 2.12. The Morgan fingerprint density at radius 2 is 2.17 bits per heavy atom. The molecule has 1 rings (SSSR count). The van der Waals surface area contributed by atoms with Gasteiger partial charge in [0.05, 0.1) is 0 Å². The molecular weight excluding hydrogens is 250 g/mol. The second-order valence-electron chi connectivity index (χ2n) is 4.25. The van der Waals surface area contributed by atoms with Gasteiger partial charge in [0.25, 0.3) is 0 Å². The Kier molecular flexibility index (Phi) is 5.23. The summed E-state index contributed by atoms with van der Waals surface area (Å²) in [4.78, 5) is 12.8. The van der Waals surface area contributed by atoms with Gasteiger partial charge in [0, 0.05) is 29.4 Å². The smallest absolute Gasteiger partial charge is 0.328 e. The number of carboxylic acid groups (broad SMARTS) is 1.